The van der Waals surface area contributed by atoms with Crippen LogP contribution in [0.5, 0.6) is 0 Å². The molecule has 0 radical (unpaired) electrons. The summed E-state index contributed by atoms with van der Waals surface area (Å²) in [7, 11) is 0. The Morgan fingerprint density at radius 3 is 2.64 bits per heavy atom. The van der Waals surface area contributed by atoms with Crippen LogP contribution >= 0.6 is 0 Å². The average Bonchev–Trinajstić information content (AvgIpc) is 3.29. The molecule has 2 aromatic rings. The molecule has 7 nitrogen and oxygen atoms in total. The molecule has 1 saturated heterocycles. The molecule has 0 N–H and O–H groups in total. The van der Waals surface area contributed by atoms with E-state index in [0.717, 1.165) is 61.9 Å². The number of carbonyl (C=O) groups excluding carboxylic acids is 1. The van der Waals surface area contributed by atoms with Gasteiger partial charge in [-0.3, -0.25) is 9.48 Å². The third kappa shape index (κ3) is 2.85. The van der Waals surface area contributed by atoms with Crippen molar-refractivity contribution in [2.45, 2.75) is 65.0 Å². The predicted octanol–water partition coefficient (Wildman–Crippen LogP) is 2.00. The zero-order valence-corrected chi connectivity index (χ0v) is 15.3. The lowest BCUT2D eigenvalue weighted by molar-refractivity contribution is -0.135. The Kier molecular flexibility index (Phi) is 4.09. The van der Waals surface area contributed by atoms with E-state index in [1.54, 1.807) is 0 Å². The highest BCUT2D eigenvalue weighted by Crippen LogP contribution is 2.30. The molecular formula is C18H26N6O. The molecule has 1 unspecified atom stereocenters. The maximum atomic E-state index is 12.9. The molecule has 0 bridgehead atoms. The highest BCUT2D eigenvalue weighted by molar-refractivity contribution is 5.80. The summed E-state index contributed by atoms with van der Waals surface area (Å²) in [5.74, 6) is 2.85. The van der Waals surface area contributed by atoms with Gasteiger partial charge in [0.15, 0.2) is 0 Å². The normalized spacial score (nSPS) is 19.2. The van der Waals surface area contributed by atoms with Crippen LogP contribution in [0, 0.1) is 13.8 Å². The van der Waals surface area contributed by atoms with E-state index in [9.17, 15) is 4.79 Å². The van der Waals surface area contributed by atoms with Crippen LogP contribution in [0.15, 0.2) is 6.07 Å². The predicted molar refractivity (Wildman–Crippen MR) is 93.3 cm³/mol. The van der Waals surface area contributed by atoms with Gasteiger partial charge in [0.25, 0.3) is 0 Å². The van der Waals surface area contributed by atoms with E-state index in [4.69, 9.17) is 0 Å². The second-order valence-electron chi connectivity index (χ2n) is 7.38. The number of hydrogen-bond donors (Lipinski definition) is 0. The molecule has 4 heterocycles. The van der Waals surface area contributed by atoms with Gasteiger partial charge in [0.05, 0.1) is 5.69 Å². The molecule has 1 amide bonds. The van der Waals surface area contributed by atoms with Crippen molar-refractivity contribution in [3.05, 3.63) is 29.1 Å². The minimum atomic E-state index is -0.248. The van der Waals surface area contributed by atoms with Crippen LogP contribution in [0.4, 0.5) is 0 Å². The van der Waals surface area contributed by atoms with Gasteiger partial charge in [0.2, 0.25) is 5.91 Å². The second kappa shape index (κ2) is 6.28. The Labute approximate surface area is 148 Å². The SMILES string of the molecule is Cc1cc(C)n(C(C)C(=O)N2CCC(c3nnc4n3CCC4)CC2)n1. The van der Waals surface area contributed by atoms with Crippen LogP contribution in [0.3, 0.4) is 0 Å². The van der Waals surface area contributed by atoms with Crippen LogP contribution in [0.1, 0.15) is 61.2 Å². The molecule has 2 aliphatic heterocycles. The zero-order chi connectivity index (χ0) is 17.6. The molecular weight excluding hydrogens is 316 g/mol. The quantitative estimate of drug-likeness (QED) is 0.855. The summed E-state index contributed by atoms with van der Waals surface area (Å²) in [6.07, 6.45) is 4.15. The first-order valence-corrected chi connectivity index (χ1v) is 9.28. The topological polar surface area (TPSA) is 68.8 Å². The molecule has 2 aromatic heterocycles. The summed E-state index contributed by atoms with van der Waals surface area (Å²) in [6, 6.07) is 1.77. The summed E-state index contributed by atoms with van der Waals surface area (Å²) in [5.41, 5.74) is 1.99. The number of aryl methyl sites for hydroxylation is 3. The maximum Gasteiger partial charge on any atom is 0.247 e. The highest BCUT2D eigenvalue weighted by atomic mass is 16.2. The molecule has 25 heavy (non-hydrogen) atoms. The fraction of sp³-hybridized carbons (Fsp3) is 0.667. The third-order valence-electron chi connectivity index (χ3n) is 5.58. The number of hydrogen-bond acceptors (Lipinski definition) is 4. The Morgan fingerprint density at radius 1 is 1.20 bits per heavy atom. The van der Waals surface area contributed by atoms with Crippen molar-refractivity contribution in [1.82, 2.24) is 29.4 Å². The number of carbonyl (C=O) groups is 1. The Balaban J connectivity index is 1.41. The lowest BCUT2D eigenvalue weighted by Gasteiger charge is -2.33. The summed E-state index contributed by atoms with van der Waals surface area (Å²) in [6.45, 7) is 8.53. The van der Waals surface area contributed by atoms with E-state index < -0.39 is 0 Å². The molecule has 0 aromatic carbocycles. The van der Waals surface area contributed by atoms with Gasteiger partial charge in [-0.05, 0) is 46.1 Å². The van der Waals surface area contributed by atoms with Gasteiger partial charge in [-0.25, -0.2) is 0 Å². The van der Waals surface area contributed by atoms with Crippen LogP contribution in [0.25, 0.3) is 0 Å². The average molecular weight is 342 g/mol. The zero-order valence-electron chi connectivity index (χ0n) is 15.3. The Morgan fingerprint density at radius 2 is 1.96 bits per heavy atom. The van der Waals surface area contributed by atoms with Crippen molar-refractivity contribution >= 4 is 5.91 Å². The van der Waals surface area contributed by atoms with Gasteiger partial charge in [-0.15, -0.1) is 10.2 Å². The number of piperidine rings is 1. The molecule has 0 saturated carbocycles. The van der Waals surface area contributed by atoms with Crippen molar-refractivity contribution in [2.75, 3.05) is 13.1 Å². The molecule has 134 valence electrons. The van der Waals surface area contributed by atoms with E-state index in [2.05, 4.69) is 19.9 Å². The molecule has 0 aliphatic carbocycles. The molecule has 2 aliphatic rings. The van der Waals surface area contributed by atoms with Crippen LogP contribution < -0.4 is 0 Å². The van der Waals surface area contributed by atoms with E-state index >= 15 is 0 Å². The maximum absolute atomic E-state index is 12.9. The number of aromatic nitrogens is 5. The molecule has 0 spiro atoms. The van der Waals surface area contributed by atoms with Crippen molar-refractivity contribution in [3.8, 4) is 0 Å². The Hall–Kier alpha value is -2.18. The smallest absolute Gasteiger partial charge is 0.247 e. The van der Waals surface area contributed by atoms with Gasteiger partial charge in [-0.1, -0.05) is 0 Å². The lowest BCUT2D eigenvalue weighted by Crippen LogP contribution is -2.42. The van der Waals surface area contributed by atoms with E-state index in [1.807, 2.05) is 36.4 Å². The van der Waals surface area contributed by atoms with Crippen LogP contribution in [0.2, 0.25) is 0 Å². The van der Waals surface area contributed by atoms with Crippen LogP contribution in [-0.2, 0) is 17.8 Å². The number of nitrogens with zero attached hydrogens (tertiary/aromatic N) is 6. The third-order valence-corrected chi connectivity index (χ3v) is 5.58. The van der Waals surface area contributed by atoms with Crippen molar-refractivity contribution < 1.29 is 4.79 Å². The van der Waals surface area contributed by atoms with Crippen molar-refractivity contribution in [1.29, 1.82) is 0 Å². The highest BCUT2D eigenvalue weighted by Gasteiger charge is 2.31. The van der Waals surface area contributed by atoms with Gasteiger partial charge >= 0.3 is 0 Å². The minimum Gasteiger partial charge on any atom is -0.341 e. The fourth-order valence-corrected chi connectivity index (χ4v) is 4.24. The van der Waals surface area contributed by atoms with Crippen molar-refractivity contribution in [2.24, 2.45) is 0 Å². The number of amides is 1. The Bertz CT molecular complexity index is 784. The standard InChI is InChI=1S/C18H26N6O/c1-12-11-13(2)24(21-12)14(3)18(25)22-9-6-15(7-10-22)17-20-19-16-5-4-8-23(16)17/h11,14-15H,4-10H2,1-3H3. The van der Waals surface area contributed by atoms with Crippen molar-refractivity contribution in [3.63, 3.8) is 0 Å². The van der Waals surface area contributed by atoms with Gasteiger partial charge in [-0.2, -0.15) is 5.10 Å². The number of fused-ring (bicyclic) bond motifs is 1. The summed E-state index contributed by atoms with van der Waals surface area (Å²) < 4.78 is 4.13. The number of rotatable bonds is 3. The van der Waals surface area contributed by atoms with Gasteiger partial charge < -0.3 is 9.47 Å². The second-order valence-corrected chi connectivity index (χ2v) is 7.38. The minimum absolute atomic E-state index is 0.163. The molecule has 4 rings (SSSR count). The van der Waals surface area contributed by atoms with Gasteiger partial charge in [0.1, 0.15) is 17.7 Å². The first-order chi connectivity index (χ1) is 12.0. The van der Waals surface area contributed by atoms with E-state index in [0.29, 0.717) is 5.92 Å². The van der Waals surface area contributed by atoms with Gasteiger partial charge in [0, 0.05) is 37.7 Å². The number of likely N-dealkylation sites (tertiary alicyclic amines) is 1. The van der Waals surface area contributed by atoms with Crippen LogP contribution in [-0.4, -0.2) is 48.4 Å². The molecule has 7 heteroatoms. The largest absolute Gasteiger partial charge is 0.341 e. The summed E-state index contributed by atoms with van der Waals surface area (Å²) in [4.78, 5) is 14.9. The lowest BCUT2D eigenvalue weighted by atomic mass is 9.95. The first-order valence-electron chi connectivity index (χ1n) is 9.28. The van der Waals surface area contributed by atoms with E-state index in [-0.39, 0.29) is 11.9 Å². The summed E-state index contributed by atoms with van der Waals surface area (Å²) in [5, 5.41) is 13.2. The molecule has 1 fully saturated rings. The van der Waals surface area contributed by atoms with E-state index in [1.165, 1.54) is 6.42 Å². The fourth-order valence-electron chi connectivity index (χ4n) is 4.24. The summed E-state index contributed by atoms with van der Waals surface area (Å²) >= 11 is 0. The first kappa shape index (κ1) is 16.3. The monoisotopic (exact) mass is 342 g/mol. The molecule has 1 atom stereocenters.